The smallest absolute Gasteiger partial charge is 0.251 e. The van der Waals surface area contributed by atoms with Crippen molar-refractivity contribution in [3.63, 3.8) is 0 Å². The first kappa shape index (κ1) is 14.2. The predicted octanol–water partition coefficient (Wildman–Crippen LogP) is 4.34. The third kappa shape index (κ3) is 3.42. The summed E-state index contributed by atoms with van der Waals surface area (Å²) in [4.78, 5) is 10.6. The Hall–Kier alpha value is -2.20. The summed E-state index contributed by atoms with van der Waals surface area (Å²) < 4.78 is 13.8. The molecule has 0 aromatic heterocycles. The van der Waals surface area contributed by atoms with Crippen molar-refractivity contribution >= 4 is 17.7 Å². The van der Waals surface area contributed by atoms with Crippen LogP contribution in [-0.2, 0) is 6.42 Å². The summed E-state index contributed by atoms with van der Waals surface area (Å²) in [5, 5.41) is 11.0. The Morgan fingerprint density at radius 3 is 2.55 bits per heavy atom. The molecule has 0 saturated carbocycles. The van der Waals surface area contributed by atoms with Gasteiger partial charge in [-0.2, -0.15) is 0 Å². The minimum absolute atomic E-state index is 0.0545. The molecule has 0 unspecified atom stereocenters. The van der Waals surface area contributed by atoms with E-state index < -0.39 is 10.7 Å². The summed E-state index contributed by atoms with van der Waals surface area (Å²) in [6.45, 7) is 0. The molecule has 2 aromatic rings. The van der Waals surface area contributed by atoms with Crippen LogP contribution in [0.2, 0.25) is 5.02 Å². The van der Waals surface area contributed by atoms with Gasteiger partial charge in [-0.25, -0.2) is 4.39 Å². The summed E-state index contributed by atoms with van der Waals surface area (Å²) in [6, 6.07) is 13.4. The second kappa shape index (κ2) is 6.30. The summed E-state index contributed by atoms with van der Waals surface area (Å²) >= 11 is 5.66. The Morgan fingerprint density at radius 1 is 1.20 bits per heavy atom. The molecule has 0 radical (unpaired) electrons. The van der Waals surface area contributed by atoms with E-state index in [0.29, 0.717) is 0 Å². The van der Waals surface area contributed by atoms with Crippen molar-refractivity contribution < 1.29 is 9.31 Å². The number of hydrogen-bond donors (Lipinski definition) is 0. The molecular formula is C15H11ClFNO2. The van der Waals surface area contributed by atoms with E-state index in [2.05, 4.69) is 0 Å². The maximum atomic E-state index is 13.8. The fraction of sp³-hybridized carbons (Fsp3) is 0.0667. The molecule has 3 nitrogen and oxygen atoms in total. The van der Waals surface area contributed by atoms with Crippen LogP contribution in [0.1, 0.15) is 11.1 Å². The van der Waals surface area contributed by atoms with Gasteiger partial charge in [0.15, 0.2) is 0 Å². The summed E-state index contributed by atoms with van der Waals surface area (Å²) in [6.07, 6.45) is 1.34. The van der Waals surface area contributed by atoms with E-state index in [1.807, 2.05) is 6.07 Å². The molecule has 0 saturated heterocycles. The standard InChI is InChI=1S/C15H11ClFNO2/c16-14-8-4-7-12(15(14)17)10-13(18(19)20)9-11-5-2-1-3-6-11/h1-8,10H,9H2/b13-10+. The summed E-state index contributed by atoms with van der Waals surface area (Å²) in [5.41, 5.74) is 0.815. The highest BCUT2D eigenvalue weighted by Gasteiger charge is 2.14. The van der Waals surface area contributed by atoms with Crippen LogP contribution < -0.4 is 0 Å². The van der Waals surface area contributed by atoms with Gasteiger partial charge in [0.25, 0.3) is 5.70 Å². The van der Waals surface area contributed by atoms with E-state index in [0.717, 1.165) is 5.56 Å². The fourth-order valence-electron chi connectivity index (χ4n) is 1.78. The Labute approximate surface area is 120 Å². The average Bonchev–Trinajstić information content (AvgIpc) is 2.44. The second-order valence-electron chi connectivity index (χ2n) is 4.20. The first-order valence-electron chi connectivity index (χ1n) is 5.91. The Kier molecular flexibility index (Phi) is 4.48. The van der Waals surface area contributed by atoms with E-state index in [1.54, 1.807) is 30.3 Å². The van der Waals surface area contributed by atoms with Gasteiger partial charge in [0.2, 0.25) is 0 Å². The number of nitrogens with zero attached hydrogens (tertiary/aromatic N) is 1. The number of rotatable bonds is 4. The largest absolute Gasteiger partial charge is 0.259 e. The zero-order valence-corrected chi connectivity index (χ0v) is 11.2. The van der Waals surface area contributed by atoms with Gasteiger partial charge in [-0.3, -0.25) is 10.1 Å². The molecule has 0 aliphatic carbocycles. The lowest BCUT2D eigenvalue weighted by Crippen LogP contribution is -2.02. The van der Waals surface area contributed by atoms with Crippen LogP contribution in [0.5, 0.6) is 0 Å². The van der Waals surface area contributed by atoms with Gasteiger partial charge >= 0.3 is 0 Å². The highest BCUT2D eigenvalue weighted by molar-refractivity contribution is 6.30. The molecule has 0 spiro atoms. The van der Waals surface area contributed by atoms with Crippen LogP contribution >= 0.6 is 11.6 Å². The number of benzene rings is 2. The fourth-order valence-corrected chi connectivity index (χ4v) is 1.97. The lowest BCUT2D eigenvalue weighted by atomic mass is 10.1. The first-order chi connectivity index (χ1) is 9.58. The number of allylic oxidation sites excluding steroid dienone is 1. The van der Waals surface area contributed by atoms with Gasteiger partial charge in [0, 0.05) is 11.6 Å². The second-order valence-corrected chi connectivity index (χ2v) is 4.61. The van der Waals surface area contributed by atoms with Gasteiger partial charge < -0.3 is 0 Å². The summed E-state index contributed by atoms with van der Waals surface area (Å²) in [5.74, 6) is -0.651. The molecular weight excluding hydrogens is 281 g/mol. The van der Waals surface area contributed by atoms with Crippen LogP contribution in [0.25, 0.3) is 6.08 Å². The molecule has 0 aliphatic heterocycles. The van der Waals surface area contributed by atoms with Crippen molar-refractivity contribution in [2.45, 2.75) is 6.42 Å². The Bertz CT molecular complexity index is 656. The van der Waals surface area contributed by atoms with Gasteiger partial charge in [0.05, 0.1) is 16.4 Å². The lowest BCUT2D eigenvalue weighted by molar-refractivity contribution is -0.425. The van der Waals surface area contributed by atoms with Crippen LogP contribution in [0, 0.1) is 15.9 Å². The van der Waals surface area contributed by atoms with Crippen molar-refractivity contribution in [3.05, 3.63) is 86.3 Å². The molecule has 0 atom stereocenters. The maximum absolute atomic E-state index is 13.8. The van der Waals surface area contributed by atoms with Crippen LogP contribution in [0.3, 0.4) is 0 Å². The molecule has 2 rings (SSSR count). The van der Waals surface area contributed by atoms with Gasteiger partial charge in [-0.1, -0.05) is 54.1 Å². The molecule has 2 aromatic carbocycles. The zero-order valence-electron chi connectivity index (χ0n) is 10.4. The van der Waals surface area contributed by atoms with Crippen molar-refractivity contribution in [3.8, 4) is 0 Å². The van der Waals surface area contributed by atoms with E-state index >= 15 is 0 Å². The molecule has 0 fully saturated rings. The highest BCUT2D eigenvalue weighted by atomic mass is 35.5. The molecule has 0 amide bonds. The van der Waals surface area contributed by atoms with E-state index in [4.69, 9.17) is 11.6 Å². The Balaban J connectivity index is 2.36. The topological polar surface area (TPSA) is 43.1 Å². The third-order valence-corrected chi connectivity index (χ3v) is 3.06. The van der Waals surface area contributed by atoms with Crippen molar-refractivity contribution in [2.75, 3.05) is 0 Å². The summed E-state index contributed by atoms with van der Waals surface area (Å²) in [7, 11) is 0. The van der Waals surface area contributed by atoms with E-state index in [9.17, 15) is 14.5 Å². The first-order valence-corrected chi connectivity index (χ1v) is 6.28. The molecule has 0 N–H and O–H groups in total. The molecule has 0 heterocycles. The maximum Gasteiger partial charge on any atom is 0.251 e. The molecule has 102 valence electrons. The zero-order chi connectivity index (χ0) is 14.5. The van der Waals surface area contributed by atoms with Crippen molar-refractivity contribution in [1.29, 1.82) is 0 Å². The van der Waals surface area contributed by atoms with E-state index in [1.165, 1.54) is 18.2 Å². The van der Waals surface area contributed by atoms with Gasteiger partial charge in [0.1, 0.15) is 5.82 Å². The quantitative estimate of drug-likeness (QED) is 0.621. The number of hydrogen-bond acceptors (Lipinski definition) is 2. The molecule has 0 bridgehead atoms. The molecule has 0 aliphatic rings. The number of halogens is 2. The number of nitro groups is 1. The lowest BCUT2D eigenvalue weighted by Gasteiger charge is -2.02. The van der Waals surface area contributed by atoms with Crippen LogP contribution in [0.15, 0.2) is 54.2 Å². The van der Waals surface area contributed by atoms with Crippen molar-refractivity contribution in [2.24, 2.45) is 0 Å². The third-order valence-electron chi connectivity index (χ3n) is 2.77. The van der Waals surface area contributed by atoms with Crippen molar-refractivity contribution in [1.82, 2.24) is 0 Å². The molecule has 5 heteroatoms. The van der Waals surface area contributed by atoms with Gasteiger partial charge in [-0.05, 0) is 11.6 Å². The normalized spacial score (nSPS) is 11.4. The minimum Gasteiger partial charge on any atom is -0.259 e. The Morgan fingerprint density at radius 2 is 1.90 bits per heavy atom. The van der Waals surface area contributed by atoms with Gasteiger partial charge in [-0.15, -0.1) is 0 Å². The SMILES string of the molecule is O=[N+]([O-])/C(=C/c1cccc(Cl)c1F)Cc1ccccc1. The molecule has 20 heavy (non-hydrogen) atoms. The van der Waals surface area contributed by atoms with Crippen LogP contribution in [0.4, 0.5) is 4.39 Å². The van der Waals surface area contributed by atoms with Crippen LogP contribution in [-0.4, -0.2) is 4.92 Å². The predicted molar refractivity (Wildman–Crippen MR) is 76.5 cm³/mol. The monoisotopic (exact) mass is 291 g/mol. The highest BCUT2D eigenvalue weighted by Crippen LogP contribution is 2.21. The minimum atomic E-state index is -0.651. The van der Waals surface area contributed by atoms with E-state index in [-0.39, 0.29) is 22.7 Å². The average molecular weight is 292 g/mol.